The van der Waals surface area contributed by atoms with Crippen molar-refractivity contribution in [3.05, 3.63) is 29.8 Å². The normalized spacial score (nSPS) is 18.6. The summed E-state index contributed by atoms with van der Waals surface area (Å²) >= 11 is 0. The van der Waals surface area contributed by atoms with Crippen molar-refractivity contribution in [2.45, 2.75) is 38.1 Å². The number of hydrogen-bond donors (Lipinski definition) is 1. The molecule has 3 heteroatoms. The molecular formula is C15H23NO2. The van der Waals surface area contributed by atoms with E-state index in [0.717, 1.165) is 5.75 Å². The summed E-state index contributed by atoms with van der Waals surface area (Å²) in [5, 5.41) is 0. The van der Waals surface area contributed by atoms with E-state index in [9.17, 15) is 0 Å². The zero-order valence-electron chi connectivity index (χ0n) is 11.3. The lowest BCUT2D eigenvalue weighted by molar-refractivity contribution is 0.0332. The van der Waals surface area contributed by atoms with Crippen molar-refractivity contribution >= 4 is 0 Å². The van der Waals surface area contributed by atoms with Gasteiger partial charge in [0.25, 0.3) is 0 Å². The highest BCUT2D eigenvalue weighted by atomic mass is 16.6. The molecule has 1 aromatic carbocycles. The average molecular weight is 249 g/mol. The predicted molar refractivity (Wildman–Crippen MR) is 72.5 cm³/mol. The Bertz CT molecular complexity index is 344. The number of rotatable bonds is 5. The van der Waals surface area contributed by atoms with Crippen molar-refractivity contribution in [1.82, 2.24) is 5.48 Å². The van der Waals surface area contributed by atoms with Gasteiger partial charge in [-0.25, -0.2) is 0 Å². The highest BCUT2D eigenvalue weighted by Gasteiger charge is 2.24. The van der Waals surface area contributed by atoms with E-state index in [1.165, 1.54) is 37.7 Å². The van der Waals surface area contributed by atoms with E-state index < -0.39 is 0 Å². The lowest BCUT2D eigenvalue weighted by atomic mass is 9.81. The van der Waals surface area contributed by atoms with E-state index in [1.807, 2.05) is 12.1 Å². The fourth-order valence-corrected chi connectivity index (χ4v) is 2.84. The van der Waals surface area contributed by atoms with Crippen molar-refractivity contribution in [3.8, 4) is 5.75 Å². The molecule has 1 saturated carbocycles. The van der Waals surface area contributed by atoms with Gasteiger partial charge in [-0.1, -0.05) is 31.4 Å². The van der Waals surface area contributed by atoms with E-state index in [4.69, 9.17) is 9.57 Å². The topological polar surface area (TPSA) is 30.5 Å². The molecule has 100 valence electrons. The van der Waals surface area contributed by atoms with Gasteiger partial charge < -0.3 is 9.57 Å². The molecule has 0 aliphatic heterocycles. The van der Waals surface area contributed by atoms with Gasteiger partial charge in [0.05, 0.1) is 20.3 Å². The number of benzene rings is 1. The molecule has 0 saturated heterocycles. The second-order valence-corrected chi connectivity index (χ2v) is 4.97. The smallest absolute Gasteiger partial charge is 0.118 e. The Morgan fingerprint density at radius 3 is 2.28 bits per heavy atom. The first-order valence-electron chi connectivity index (χ1n) is 6.77. The second-order valence-electron chi connectivity index (χ2n) is 4.97. The van der Waals surface area contributed by atoms with Crippen molar-refractivity contribution < 1.29 is 9.57 Å². The van der Waals surface area contributed by atoms with Crippen LogP contribution in [0.3, 0.4) is 0 Å². The average Bonchev–Trinajstić information content (AvgIpc) is 2.46. The summed E-state index contributed by atoms with van der Waals surface area (Å²) in [5.74, 6) is 1.57. The number of ether oxygens (including phenoxy) is 1. The van der Waals surface area contributed by atoms with Gasteiger partial charge >= 0.3 is 0 Å². The first-order chi connectivity index (χ1) is 8.85. The molecule has 18 heavy (non-hydrogen) atoms. The van der Waals surface area contributed by atoms with E-state index in [-0.39, 0.29) is 0 Å². The minimum absolute atomic E-state index is 0.293. The van der Waals surface area contributed by atoms with Gasteiger partial charge in [0.2, 0.25) is 0 Å². The largest absolute Gasteiger partial charge is 0.497 e. The highest BCUT2D eigenvalue weighted by molar-refractivity contribution is 5.29. The molecule has 1 aromatic rings. The summed E-state index contributed by atoms with van der Waals surface area (Å²) in [5.41, 5.74) is 4.45. The van der Waals surface area contributed by atoms with Crippen LogP contribution >= 0.6 is 0 Å². The molecule has 1 fully saturated rings. The van der Waals surface area contributed by atoms with Crippen molar-refractivity contribution in [1.29, 1.82) is 0 Å². The van der Waals surface area contributed by atoms with E-state index >= 15 is 0 Å². The van der Waals surface area contributed by atoms with Crippen LogP contribution in [-0.4, -0.2) is 14.2 Å². The molecule has 1 aliphatic carbocycles. The third-order valence-electron chi connectivity index (χ3n) is 3.84. The number of hydroxylamine groups is 1. The molecular weight excluding hydrogens is 226 g/mol. The quantitative estimate of drug-likeness (QED) is 0.811. The van der Waals surface area contributed by atoms with Gasteiger partial charge in [0, 0.05) is 0 Å². The maximum Gasteiger partial charge on any atom is 0.118 e. The number of nitrogens with one attached hydrogen (secondary N) is 1. The Balaban J connectivity index is 2.11. The first kappa shape index (κ1) is 13.4. The zero-order chi connectivity index (χ0) is 12.8. The zero-order valence-corrected chi connectivity index (χ0v) is 11.3. The third kappa shape index (κ3) is 3.24. The second kappa shape index (κ2) is 6.76. The van der Waals surface area contributed by atoms with Crippen LogP contribution in [0.4, 0.5) is 0 Å². The molecule has 0 aromatic heterocycles. The lowest BCUT2D eigenvalue weighted by Gasteiger charge is -2.30. The fraction of sp³-hybridized carbons (Fsp3) is 0.600. The number of hydrogen-bond acceptors (Lipinski definition) is 3. The lowest BCUT2D eigenvalue weighted by Crippen LogP contribution is -2.29. The maximum atomic E-state index is 5.20. The SMILES string of the molecule is CON[C@@H](c1ccc(OC)cc1)C1CCCCC1. The molecule has 1 aliphatic rings. The Kier molecular flexibility index (Phi) is 5.02. The molecule has 0 radical (unpaired) electrons. The highest BCUT2D eigenvalue weighted by Crippen LogP contribution is 2.34. The molecule has 1 atom stereocenters. The van der Waals surface area contributed by atoms with Crippen LogP contribution in [0.5, 0.6) is 5.75 Å². The Morgan fingerprint density at radius 2 is 1.72 bits per heavy atom. The summed E-state index contributed by atoms with van der Waals surface area (Å²) in [7, 11) is 3.39. The molecule has 0 spiro atoms. The first-order valence-corrected chi connectivity index (χ1v) is 6.77. The van der Waals surface area contributed by atoms with Crippen LogP contribution in [0.2, 0.25) is 0 Å². The van der Waals surface area contributed by atoms with Gasteiger partial charge in [0.1, 0.15) is 5.75 Å². The van der Waals surface area contributed by atoms with Crippen LogP contribution in [-0.2, 0) is 4.84 Å². The van der Waals surface area contributed by atoms with Gasteiger partial charge in [0.15, 0.2) is 0 Å². The summed E-state index contributed by atoms with van der Waals surface area (Å²) in [6.45, 7) is 0. The minimum atomic E-state index is 0.293. The Labute approximate surface area is 109 Å². The Hall–Kier alpha value is -1.06. The molecule has 0 amide bonds. The third-order valence-corrected chi connectivity index (χ3v) is 3.84. The van der Waals surface area contributed by atoms with Gasteiger partial charge in [-0.2, -0.15) is 5.48 Å². The summed E-state index contributed by atoms with van der Waals surface area (Å²) in [6.07, 6.45) is 6.62. The van der Waals surface area contributed by atoms with E-state index in [0.29, 0.717) is 12.0 Å². The summed E-state index contributed by atoms with van der Waals surface area (Å²) in [4.78, 5) is 5.19. The predicted octanol–water partition coefficient (Wildman–Crippen LogP) is 3.47. The number of methoxy groups -OCH3 is 1. The maximum absolute atomic E-state index is 5.20. The van der Waals surface area contributed by atoms with Gasteiger partial charge in [-0.05, 0) is 36.5 Å². The van der Waals surface area contributed by atoms with Crippen molar-refractivity contribution in [2.24, 2.45) is 5.92 Å². The van der Waals surface area contributed by atoms with Crippen LogP contribution in [0, 0.1) is 5.92 Å². The van der Waals surface area contributed by atoms with Gasteiger partial charge in [-0.3, -0.25) is 0 Å². The molecule has 0 heterocycles. The minimum Gasteiger partial charge on any atom is -0.497 e. The van der Waals surface area contributed by atoms with Crippen molar-refractivity contribution in [2.75, 3.05) is 14.2 Å². The van der Waals surface area contributed by atoms with E-state index in [1.54, 1.807) is 14.2 Å². The fourth-order valence-electron chi connectivity index (χ4n) is 2.84. The summed E-state index contributed by atoms with van der Waals surface area (Å²) in [6, 6.07) is 8.58. The standard InChI is InChI=1S/C15H23NO2/c1-17-14-10-8-13(9-11-14)15(16-18-2)12-6-4-3-5-7-12/h8-12,15-16H,3-7H2,1-2H3/t15-/m1/s1. The molecule has 3 nitrogen and oxygen atoms in total. The Morgan fingerprint density at radius 1 is 1.06 bits per heavy atom. The van der Waals surface area contributed by atoms with E-state index in [2.05, 4.69) is 17.6 Å². The van der Waals surface area contributed by atoms with Crippen LogP contribution < -0.4 is 10.2 Å². The molecule has 0 unspecified atom stereocenters. The summed E-state index contributed by atoms with van der Waals surface area (Å²) < 4.78 is 5.20. The van der Waals surface area contributed by atoms with Crippen LogP contribution in [0.25, 0.3) is 0 Å². The van der Waals surface area contributed by atoms with Gasteiger partial charge in [-0.15, -0.1) is 0 Å². The van der Waals surface area contributed by atoms with Crippen LogP contribution in [0.15, 0.2) is 24.3 Å². The molecule has 0 bridgehead atoms. The van der Waals surface area contributed by atoms with Crippen molar-refractivity contribution in [3.63, 3.8) is 0 Å². The monoisotopic (exact) mass is 249 g/mol. The molecule has 1 N–H and O–H groups in total. The molecule has 2 rings (SSSR count). The van der Waals surface area contributed by atoms with Crippen LogP contribution in [0.1, 0.15) is 43.7 Å².